The van der Waals surface area contributed by atoms with Gasteiger partial charge in [-0.15, -0.1) is 0 Å². The molecule has 0 fully saturated rings. The Bertz CT molecular complexity index is 1310. The SMILES string of the molecule is C/C=C(\C=C/C(C)C(=O)OC(C)(C)C)C(CCCC)C(O)(C1=CC=C(OC)CC1)c1ccc(F)c2ccccc12. The Morgan fingerprint density at radius 3 is 2.38 bits per heavy atom. The van der Waals surface area contributed by atoms with Crippen molar-refractivity contribution in [2.45, 2.75) is 84.8 Å². The van der Waals surface area contributed by atoms with Gasteiger partial charge in [0.05, 0.1) is 18.8 Å². The third-order valence-electron chi connectivity index (χ3n) is 7.59. The van der Waals surface area contributed by atoms with Crippen molar-refractivity contribution in [2.24, 2.45) is 11.8 Å². The molecule has 5 heteroatoms. The lowest BCUT2D eigenvalue weighted by atomic mass is 9.67. The predicted octanol–water partition coefficient (Wildman–Crippen LogP) is 8.70. The van der Waals surface area contributed by atoms with E-state index in [1.54, 1.807) is 19.2 Å². The normalized spacial score (nSPS) is 17.7. The van der Waals surface area contributed by atoms with E-state index >= 15 is 0 Å². The summed E-state index contributed by atoms with van der Waals surface area (Å²) in [7, 11) is 1.66. The first kappa shape index (κ1) is 31.3. The van der Waals surface area contributed by atoms with Gasteiger partial charge < -0.3 is 14.6 Å². The average molecular weight is 549 g/mol. The number of rotatable bonds is 11. The number of esters is 1. The van der Waals surface area contributed by atoms with Gasteiger partial charge in [0.2, 0.25) is 0 Å². The highest BCUT2D eigenvalue weighted by Crippen LogP contribution is 2.48. The fraction of sp³-hybridized carbons (Fsp3) is 0.457. The van der Waals surface area contributed by atoms with Gasteiger partial charge in [-0.05, 0) is 81.7 Å². The standard InChI is InChI=1S/C35H45FO4/c1-8-10-15-30(25(9-2)17-16-24(3)33(37)40-34(4,5)6)35(38,26-18-20-27(39-7)21-19-26)31-22-23-32(36)29-14-12-11-13-28(29)31/h9,11-14,16-18,20,22-24,30,38H,8,10,15,19,21H2,1-7H3/b17-16-,25-9+. The highest BCUT2D eigenvalue weighted by atomic mass is 19.1. The van der Waals surface area contributed by atoms with E-state index in [4.69, 9.17) is 9.47 Å². The Labute approximate surface area is 239 Å². The molecule has 3 atom stereocenters. The molecular formula is C35H45FO4. The molecule has 0 bridgehead atoms. The van der Waals surface area contributed by atoms with E-state index in [2.05, 4.69) is 6.92 Å². The van der Waals surface area contributed by atoms with Crippen LogP contribution in [0, 0.1) is 17.7 Å². The zero-order valence-electron chi connectivity index (χ0n) is 25.1. The molecule has 0 amide bonds. The van der Waals surface area contributed by atoms with Gasteiger partial charge in [0.15, 0.2) is 0 Å². The molecule has 1 N–H and O–H groups in total. The van der Waals surface area contributed by atoms with E-state index in [-0.39, 0.29) is 17.7 Å². The minimum absolute atomic E-state index is 0.295. The number of ether oxygens (including phenoxy) is 2. The summed E-state index contributed by atoms with van der Waals surface area (Å²) in [5, 5.41) is 14.2. The number of halogens is 1. The molecule has 0 aliphatic heterocycles. The first-order valence-electron chi connectivity index (χ1n) is 14.4. The Morgan fingerprint density at radius 1 is 1.10 bits per heavy atom. The summed E-state index contributed by atoms with van der Waals surface area (Å²) in [4.78, 5) is 12.7. The average Bonchev–Trinajstić information content (AvgIpc) is 2.93. The lowest BCUT2D eigenvalue weighted by Gasteiger charge is -2.41. The Kier molecular flexibility index (Phi) is 10.5. The van der Waals surface area contributed by atoms with Gasteiger partial charge in [-0.2, -0.15) is 0 Å². The highest BCUT2D eigenvalue weighted by molar-refractivity contribution is 5.87. The minimum Gasteiger partial charge on any atom is -0.501 e. The summed E-state index contributed by atoms with van der Waals surface area (Å²) in [6.45, 7) is 11.5. The molecule has 0 heterocycles. The first-order valence-corrected chi connectivity index (χ1v) is 14.4. The van der Waals surface area contributed by atoms with Gasteiger partial charge in [-0.3, -0.25) is 4.79 Å². The molecule has 0 saturated heterocycles. The number of methoxy groups -OCH3 is 1. The van der Waals surface area contributed by atoms with Crippen LogP contribution in [-0.4, -0.2) is 23.8 Å². The van der Waals surface area contributed by atoms with Crippen LogP contribution < -0.4 is 0 Å². The van der Waals surface area contributed by atoms with Crippen molar-refractivity contribution in [1.29, 1.82) is 0 Å². The zero-order valence-corrected chi connectivity index (χ0v) is 25.1. The molecule has 2 aromatic carbocycles. The van der Waals surface area contributed by atoms with Crippen LogP contribution in [0.3, 0.4) is 0 Å². The van der Waals surface area contributed by atoms with Gasteiger partial charge in [-0.1, -0.05) is 74.4 Å². The van der Waals surface area contributed by atoms with E-state index in [1.165, 1.54) is 6.07 Å². The molecule has 0 saturated carbocycles. The summed E-state index contributed by atoms with van der Waals surface area (Å²) in [5.74, 6) is -0.545. The van der Waals surface area contributed by atoms with Crippen LogP contribution in [-0.2, 0) is 19.9 Å². The fourth-order valence-electron chi connectivity index (χ4n) is 5.45. The van der Waals surface area contributed by atoms with E-state index in [9.17, 15) is 14.3 Å². The van der Waals surface area contributed by atoms with Gasteiger partial charge in [0.1, 0.15) is 17.0 Å². The Balaban J connectivity index is 2.20. The maximum absolute atomic E-state index is 14.9. The van der Waals surface area contributed by atoms with Gasteiger partial charge in [-0.25, -0.2) is 4.39 Å². The maximum Gasteiger partial charge on any atom is 0.313 e. The Hall–Kier alpha value is -3.18. The summed E-state index contributed by atoms with van der Waals surface area (Å²) in [5.41, 5.74) is 0.470. The van der Waals surface area contributed by atoms with E-state index in [0.29, 0.717) is 35.6 Å². The number of fused-ring (bicyclic) bond motifs is 1. The molecule has 4 nitrogen and oxygen atoms in total. The molecule has 0 radical (unpaired) electrons. The topological polar surface area (TPSA) is 55.8 Å². The predicted molar refractivity (Wildman–Crippen MR) is 161 cm³/mol. The van der Waals surface area contributed by atoms with Gasteiger partial charge in [0, 0.05) is 17.7 Å². The minimum atomic E-state index is -1.42. The number of aliphatic hydroxyl groups is 1. The number of carbonyl (C=O) groups is 1. The largest absolute Gasteiger partial charge is 0.501 e. The highest BCUT2D eigenvalue weighted by Gasteiger charge is 2.44. The molecule has 1 aliphatic carbocycles. The first-order chi connectivity index (χ1) is 19.0. The van der Waals surface area contributed by atoms with Crippen molar-refractivity contribution in [3.63, 3.8) is 0 Å². The third kappa shape index (κ3) is 7.11. The number of hydrogen-bond acceptors (Lipinski definition) is 4. The van der Waals surface area contributed by atoms with Crippen molar-refractivity contribution in [3.05, 3.63) is 95.1 Å². The summed E-state index contributed by atoms with van der Waals surface area (Å²) in [6.07, 6.45) is 13.5. The van der Waals surface area contributed by atoms with E-state index in [0.717, 1.165) is 29.7 Å². The van der Waals surface area contributed by atoms with E-state index < -0.39 is 17.1 Å². The van der Waals surface area contributed by atoms with Crippen molar-refractivity contribution >= 4 is 16.7 Å². The van der Waals surface area contributed by atoms with Crippen molar-refractivity contribution in [3.8, 4) is 0 Å². The van der Waals surface area contributed by atoms with Crippen molar-refractivity contribution in [1.82, 2.24) is 0 Å². The quantitative estimate of drug-likeness (QED) is 0.225. The number of benzene rings is 2. The van der Waals surface area contributed by atoms with Crippen LogP contribution in [0.2, 0.25) is 0 Å². The van der Waals surface area contributed by atoms with E-state index in [1.807, 2.05) is 83.2 Å². The smallest absolute Gasteiger partial charge is 0.313 e. The fourth-order valence-corrected chi connectivity index (χ4v) is 5.45. The van der Waals surface area contributed by atoms with Crippen LogP contribution in [0.25, 0.3) is 10.8 Å². The Morgan fingerprint density at radius 2 is 1.80 bits per heavy atom. The lowest BCUT2D eigenvalue weighted by molar-refractivity contribution is -0.157. The van der Waals surface area contributed by atoms with Crippen LogP contribution in [0.1, 0.15) is 79.2 Å². The molecule has 40 heavy (non-hydrogen) atoms. The second-order valence-electron chi connectivity index (χ2n) is 11.6. The second kappa shape index (κ2) is 13.5. The number of allylic oxidation sites excluding steroid dienone is 5. The summed E-state index contributed by atoms with van der Waals surface area (Å²) >= 11 is 0. The lowest BCUT2D eigenvalue weighted by Crippen LogP contribution is -2.39. The molecular weight excluding hydrogens is 503 g/mol. The zero-order chi connectivity index (χ0) is 29.5. The number of hydrogen-bond donors (Lipinski definition) is 1. The number of carbonyl (C=O) groups excluding carboxylic acids is 1. The third-order valence-corrected chi connectivity index (χ3v) is 7.59. The monoisotopic (exact) mass is 548 g/mol. The molecule has 2 aromatic rings. The second-order valence-corrected chi connectivity index (χ2v) is 11.6. The molecule has 1 aliphatic rings. The van der Waals surface area contributed by atoms with Crippen LogP contribution in [0.5, 0.6) is 0 Å². The van der Waals surface area contributed by atoms with Crippen LogP contribution in [0.15, 0.2) is 83.7 Å². The van der Waals surface area contributed by atoms with Gasteiger partial charge in [0.25, 0.3) is 0 Å². The molecule has 3 rings (SSSR count). The summed E-state index contributed by atoms with van der Waals surface area (Å²) < 4.78 is 26.0. The molecule has 216 valence electrons. The van der Waals surface area contributed by atoms with Crippen LogP contribution in [0.4, 0.5) is 4.39 Å². The molecule has 0 spiro atoms. The molecule has 0 aromatic heterocycles. The van der Waals surface area contributed by atoms with Gasteiger partial charge >= 0.3 is 5.97 Å². The van der Waals surface area contributed by atoms with Crippen molar-refractivity contribution < 1.29 is 23.8 Å². The molecule has 3 unspecified atom stereocenters. The number of unbranched alkanes of at least 4 members (excludes halogenated alkanes) is 1. The van der Waals surface area contributed by atoms with Crippen LogP contribution >= 0.6 is 0 Å². The van der Waals surface area contributed by atoms with Crippen molar-refractivity contribution in [2.75, 3.05) is 7.11 Å². The maximum atomic E-state index is 14.9. The summed E-state index contributed by atoms with van der Waals surface area (Å²) in [6, 6.07) is 10.5.